The van der Waals surface area contributed by atoms with Gasteiger partial charge < -0.3 is 103 Å². The van der Waals surface area contributed by atoms with E-state index in [2.05, 4.69) is 105 Å². The quantitative estimate of drug-likeness (QED) is 0.0356. The van der Waals surface area contributed by atoms with Gasteiger partial charge in [0.2, 0.25) is 5.75 Å². The van der Waals surface area contributed by atoms with Gasteiger partial charge in [0.1, 0.15) is 79.8 Å². The van der Waals surface area contributed by atoms with Crippen LogP contribution in [0.2, 0.25) is 5.02 Å². The van der Waals surface area contributed by atoms with E-state index >= 15 is 0 Å². The largest absolute Gasteiger partial charge is 0.502 e. The van der Waals surface area contributed by atoms with Gasteiger partial charge in [0.05, 0.1) is 163 Å². The molecule has 644 valence electrons. The number of phenols is 1. The number of ether oxygens (including phenoxy) is 9. The zero-order valence-corrected chi connectivity index (χ0v) is 80.5. The van der Waals surface area contributed by atoms with Crippen LogP contribution in [-0.2, 0) is 27.1 Å². The second-order valence-corrected chi connectivity index (χ2v) is 36.8. The lowest BCUT2D eigenvalue weighted by atomic mass is 9.95. The molecule has 5 heterocycles. The van der Waals surface area contributed by atoms with Crippen molar-refractivity contribution >= 4 is 248 Å². The number of thiocarbonyl (C=S) groups is 5. The predicted molar refractivity (Wildman–Crippen MR) is 509 cm³/mol. The minimum Gasteiger partial charge on any atom is -0.502 e. The van der Waals surface area contributed by atoms with Crippen molar-refractivity contribution < 1.29 is 56.5 Å². The number of benzene rings is 5. The fraction of sp³-hybridized carbons (Fsp3) is 0.430. The van der Waals surface area contributed by atoms with Crippen molar-refractivity contribution in [3.63, 3.8) is 0 Å². The summed E-state index contributed by atoms with van der Waals surface area (Å²) in [5, 5.41) is 27.9. The number of fused-ring (bicyclic) bond motifs is 5. The van der Waals surface area contributed by atoms with E-state index in [1.54, 1.807) is 63.1 Å². The van der Waals surface area contributed by atoms with E-state index in [-0.39, 0.29) is 67.2 Å². The third-order valence-corrected chi connectivity index (χ3v) is 19.4. The maximum absolute atomic E-state index is 15.0. The van der Waals surface area contributed by atoms with E-state index in [4.69, 9.17) is 154 Å². The molecular formula is C79H103BrClF2IN20O10S5. The fourth-order valence-corrected chi connectivity index (χ4v) is 13.8. The van der Waals surface area contributed by atoms with E-state index in [0.717, 1.165) is 3.57 Å². The zero-order chi connectivity index (χ0) is 90.5. The standard InChI is InChI=1S/C16H21BrN4O2S.C16H21ClN4O2S.C16H21FN4O2S.C16H21IN4O2S.C15H19FN4O2S/c4*1-7(24)19-11-8-10(9(17)12(22-5)13(11)23-6)20-15(16(2,3)4)21-14(8)18;1-6(23)18-10-7-9(8(16)11(21)12(10)22-5)19-14(15(2,3)4)20-13(7)17/h4*1-6H3,(H,19,24)(H2,18,20,21);21H,1-5H3,(H,18,23)(H2,17,19,20). The first kappa shape index (κ1) is 98.4. The van der Waals surface area contributed by atoms with Crippen LogP contribution in [0.15, 0.2) is 4.47 Å². The summed E-state index contributed by atoms with van der Waals surface area (Å²) in [6.07, 6.45) is 0. The smallest absolute Gasteiger partial charge is 0.201 e. The van der Waals surface area contributed by atoms with Crippen LogP contribution < -0.4 is 97.9 Å². The van der Waals surface area contributed by atoms with E-state index in [0.29, 0.717) is 176 Å². The Kier molecular flexibility index (Phi) is 32.2. The van der Waals surface area contributed by atoms with Gasteiger partial charge in [-0.05, 0) is 73.1 Å². The topological polar surface area (TPSA) is 422 Å². The predicted octanol–water partition coefficient (Wildman–Crippen LogP) is 18.4. The van der Waals surface area contributed by atoms with Crippen molar-refractivity contribution in [3.8, 4) is 57.5 Å². The van der Waals surface area contributed by atoms with Gasteiger partial charge in [-0.1, -0.05) is 177 Å². The van der Waals surface area contributed by atoms with Gasteiger partial charge in [-0.25, -0.2) is 58.6 Å². The Hall–Kier alpha value is -9.39. The first-order valence-electron chi connectivity index (χ1n) is 36.1. The number of nitrogen functional groups attached to an aromatic ring is 5. The highest BCUT2D eigenvalue weighted by molar-refractivity contribution is 14.1. The molecule has 0 bridgehead atoms. The average molecular weight is 1930 g/mol. The lowest BCUT2D eigenvalue weighted by Crippen LogP contribution is -2.18. The van der Waals surface area contributed by atoms with Crippen LogP contribution in [0.4, 0.5) is 66.3 Å². The Balaban J connectivity index is 0.000000231. The Morgan fingerprint density at radius 1 is 0.336 bits per heavy atom. The highest BCUT2D eigenvalue weighted by Crippen LogP contribution is 2.53. The number of anilines is 10. The third kappa shape index (κ3) is 21.7. The van der Waals surface area contributed by atoms with E-state index < -0.39 is 28.2 Å². The summed E-state index contributed by atoms with van der Waals surface area (Å²) >= 11 is 37.9. The molecule has 0 atom stereocenters. The molecule has 0 unspecified atom stereocenters. The molecule has 0 aliphatic heterocycles. The first-order chi connectivity index (χ1) is 55.0. The van der Waals surface area contributed by atoms with Crippen molar-refractivity contribution in [1.82, 2.24) is 49.8 Å². The van der Waals surface area contributed by atoms with Crippen LogP contribution in [0.3, 0.4) is 0 Å². The Morgan fingerprint density at radius 3 is 0.840 bits per heavy atom. The highest BCUT2D eigenvalue weighted by atomic mass is 127. The lowest BCUT2D eigenvalue weighted by molar-refractivity contribution is 0.340. The summed E-state index contributed by atoms with van der Waals surface area (Å²) in [7, 11) is 13.4. The first-order valence-corrected chi connectivity index (χ1v) is 40.4. The summed E-state index contributed by atoms with van der Waals surface area (Å²) in [4.78, 5) is 47.2. The number of hydrogen-bond acceptors (Lipinski definition) is 30. The number of methoxy groups -OCH3 is 9. The molecule has 10 rings (SSSR count). The number of halogens is 5. The van der Waals surface area contributed by atoms with Gasteiger partial charge >= 0.3 is 0 Å². The molecule has 10 aromatic rings. The summed E-state index contributed by atoms with van der Waals surface area (Å²) in [6.45, 7) is 38.3. The summed E-state index contributed by atoms with van der Waals surface area (Å²) < 4.78 is 79.6. The monoisotopic (exact) mass is 1930 g/mol. The van der Waals surface area contributed by atoms with Gasteiger partial charge in [-0.2, -0.15) is 0 Å². The molecule has 0 spiro atoms. The number of rotatable bonds is 14. The molecule has 0 aliphatic carbocycles. The summed E-state index contributed by atoms with van der Waals surface area (Å²) in [6, 6.07) is 0. The van der Waals surface area contributed by atoms with Crippen LogP contribution in [-0.4, -0.2) is 144 Å². The second-order valence-electron chi connectivity index (χ2n) is 31.5. The number of phenolic OH excluding ortho intramolecular Hbond substituents is 1. The summed E-state index contributed by atoms with van der Waals surface area (Å²) in [5.74, 6) is 4.60. The molecule has 0 radical (unpaired) electrons. The molecule has 0 saturated heterocycles. The molecule has 119 heavy (non-hydrogen) atoms. The van der Waals surface area contributed by atoms with Crippen molar-refractivity contribution in [2.75, 3.05) is 119 Å². The number of nitrogens with two attached hydrogens (primary N) is 5. The molecule has 16 N–H and O–H groups in total. The fourth-order valence-electron chi connectivity index (χ4n) is 11.5. The van der Waals surface area contributed by atoms with Crippen molar-refractivity contribution in [2.24, 2.45) is 0 Å². The molecule has 5 aromatic carbocycles. The van der Waals surface area contributed by atoms with Gasteiger partial charge in [0.25, 0.3) is 0 Å². The van der Waals surface area contributed by atoms with E-state index in [9.17, 15) is 13.9 Å². The van der Waals surface area contributed by atoms with E-state index in [1.165, 1.54) is 35.5 Å². The molecule has 0 saturated carbocycles. The number of nitrogens with one attached hydrogen (secondary N) is 5. The molecule has 0 amide bonds. The van der Waals surface area contributed by atoms with Crippen molar-refractivity contribution in [2.45, 2.75) is 166 Å². The minimum absolute atomic E-state index is 0.0591. The zero-order valence-electron chi connectivity index (χ0n) is 71.9. The van der Waals surface area contributed by atoms with Gasteiger partial charge in [-0.15, -0.1) is 0 Å². The normalized spacial score (nSPS) is 11.5. The van der Waals surface area contributed by atoms with Gasteiger partial charge in [0.15, 0.2) is 63.4 Å². The third-order valence-electron chi connectivity index (χ3n) is 16.9. The van der Waals surface area contributed by atoms with Crippen molar-refractivity contribution in [1.29, 1.82) is 0 Å². The van der Waals surface area contributed by atoms with Crippen LogP contribution in [0.5, 0.6) is 57.5 Å². The number of nitrogens with zero attached hydrogens (tertiary/aromatic N) is 10. The molecule has 0 aliphatic rings. The average Bonchev–Trinajstić information content (AvgIpc) is 0.773. The Morgan fingerprint density at radius 2 is 0.555 bits per heavy atom. The SMILES string of the molecule is COc1c(O)c(F)c2nc(C(C)(C)C)nc(N)c2c1NC(C)=S.COc1c(OC)c(NC(C)=S)c2c(N)nc(C(C)(C)C)nc2c1Br.COc1c(OC)c(NC(C)=S)c2c(N)nc(C(C)(C)C)nc2c1Cl.COc1c(OC)c(NC(C)=S)c2c(N)nc(C(C)(C)C)nc2c1F.COc1c(OC)c(NC(C)=S)c2c(N)nc(C(C)(C)C)nc2c1I. The molecule has 30 nitrogen and oxygen atoms in total. The maximum atomic E-state index is 15.0. The molecule has 5 aromatic heterocycles. The van der Waals surface area contributed by atoms with Crippen LogP contribution in [0.25, 0.3) is 54.5 Å². The Labute approximate surface area is 744 Å². The molecule has 40 heteroatoms. The summed E-state index contributed by atoms with van der Waals surface area (Å²) in [5.41, 5.74) is 33.5. The Bertz CT molecular complexity index is 5130. The molecule has 0 fully saturated rings. The minimum atomic E-state index is -0.913. The van der Waals surface area contributed by atoms with E-state index in [1.807, 2.05) is 104 Å². The van der Waals surface area contributed by atoms with Gasteiger partial charge in [0, 0.05) is 27.1 Å². The van der Waals surface area contributed by atoms with Crippen LogP contribution in [0, 0.1) is 15.2 Å². The van der Waals surface area contributed by atoms with Crippen LogP contribution in [0.1, 0.15) is 168 Å². The lowest BCUT2D eigenvalue weighted by Gasteiger charge is -2.22. The number of aromatic hydroxyl groups is 1. The van der Waals surface area contributed by atoms with Crippen LogP contribution >= 0.6 is 111 Å². The maximum Gasteiger partial charge on any atom is 0.201 e. The van der Waals surface area contributed by atoms with Gasteiger partial charge in [-0.3, -0.25) is 0 Å². The number of hydrogen-bond donors (Lipinski definition) is 11. The number of aromatic nitrogens is 10. The van der Waals surface area contributed by atoms with Crippen molar-refractivity contribution in [3.05, 3.63) is 53.8 Å². The highest BCUT2D eigenvalue weighted by Gasteiger charge is 2.34. The molecular weight excluding hydrogens is 1830 g/mol. The second kappa shape index (κ2) is 39.0.